The quantitative estimate of drug-likeness (QED) is 0.806. The van der Waals surface area contributed by atoms with E-state index in [2.05, 4.69) is 5.32 Å². The molecule has 0 saturated heterocycles. The number of halogens is 3. The highest BCUT2D eigenvalue weighted by atomic mass is 32.2. The highest BCUT2D eigenvalue weighted by Gasteiger charge is 2.38. The minimum Gasteiger partial charge on any atom is -0.382 e. The Morgan fingerprint density at radius 2 is 1.88 bits per heavy atom. The van der Waals surface area contributed by atoms with Crippen LogP contribution >= 0.6 is 11.8 Å². The highest BCUT2D eigenvalue weighted by molar-refractivity contribution is 8.00. The third-order valence-electron chi connectivity index (χ3n) is 3.36. The van der Waals surface area contributed by atoms with E-state index in [0.29, 0.717) is 6.54 Å². The van der Waals surface area contributed by atoms with Gasteiger partial charge in [0.05, 0.1) is 0 Å². The fourth-order valence-electron chi connectivity index (χ4n) is 2.20. The van der Waals surface area contributed by atoms with Crippen molar-refractivity contribution < 1.29 is 18.3 Å². The summed E-state index contributed by atoms with van der Waals surface area (Å²) in [4.78, 5) is 0. The van der Waals surface area contributed by atoms with Crippen molar-refractivity contribution in [3.05, 3.63) is 0 Å². The van der Waals surface area contributed by atoms with Crippen LogP contribution in [-0.2, 0) is 0 Å². The summed E-state index contributed by atoms with van der Waals surface area (Å²) < 4.78 is 36.3. The predicted octanol–water partition coefficient (Wildman–Crippen LogP) is 2.57. The molecule has 102 valence electrons. The van der Waals surface area contributed by atoms with Crippen molar-refractivity contribution in [1.29, 1.82) is 0 Å². The average molecular weight is 271 g/mol. The van der Waals surface area contributed by atoms with Gasteiger partial charge in [-0.25, -0.2) is 0 Å². The molecule has 1 rings (SSSR count). The Kier molecular flexibility index (Phi) is 5.60. The second kappa shape index (κ2) is 6.29. The van der Waals surface area contributed by atoms with Crippen LogP contribution in [0.2, 0.25) is 0 Å². The average Bonchev–Trinajstić information content (AvgIpc) is 2.29. The molecule has 2 N–H and O–H groups in total. The summed E-state index contributed by atoms with van der Waals surface area (Å²) in [7, 11) is 0. The lowest BCUT2D eigenvalue weighted by Crippen LogP contribution is -2.45. The van der Waals surface area contributed by atoms with Crippen LogP contribution in [0.25, 0.3) is 0 Å². The molecule has 0 aromatic carbocycles. The van der Waals surface area contributed by atoms with Crippen molar-refractivity contribution in [1.82, 2.24) is 5.32 Å². The third-order valence-corrected chi connectivity index (χ3v) is 4.78. The van der Waals surface area contributed by atoms with Gasteiger partial charge in [0, 0.05) is 17.8 Å². The zero-order chi connectivity index (χ0) is 12.9. The summed E-state index contributed by atoms with van der Waals surface area (Å²) in [5.74, 6) is 0. The van der Waals surface area contributed by atoms with Gasteiger partial charge < -0.3 is 10.4 Å². The van der Waals surface area contributed by atoms with Gasteiger partial charge in [-0.05, 0) is 19.1 Å². The first-order valence-electron chi connectivity index (χ1n) is 5.90. The van der Waals surface area contributed by atoms with E-state index in [9.17, 15) is 13.2 Å². The van der Waals surface area contributed by atoms with Crippen LogP contribution in [0.4, 0.5) is 13.2 Å². The number of aliphatic hydroxyl groups excluding tert-OH is 1. The third kappa shape index (κ3) is 4.67. The largest absolute Gasteiger partial charge is 0.415 e. The molecular weight excluding hydrogens is 251 g/mol. The van der Waals surface area contributed by atoms with Gasteiger partial charge in [-0.15, -0.1) is 0 Å². The van der Waals surface area contributed by atoms with Crippen LogP contribution in [0, 0.1) is 0 Å². The summed E-state index contributed by atoms with van der Waals surface area (Å²) in [5.41, 5.74) is 0. The van der Waals surface area contributed by atoms with Crippen molar-refractivity contribution in [3.63, 3.8) is 0 Å². The Hall–Kier alpha value is 0.0600. The lowest BCUT2D eigenvalue weighted by molar-refractivity contribution is -0.201. The Labute approximate surface area is 104 Å². The maximum atomic E-state index is 12.1. The van der Waals surface area contributed by atoms with Crippen molar-refractivity contribution in [2.75, 3.05) is 19.3 Å². The van der Waals surface area contributed by atoms with Crippen molar-refractivity contribution in [3.8, 4) is 0 Å². The molecule has 2 nitrogen and oxygen atoms in total. The Balaban J connectivity index is 2.33. The molecule has 17 heavy (non-hydrogen) atoms. The van der Waals surface area contributed by atoms with Crippen LogP contribution in [-0.4, -0.2) is 41.5 Å². The van der Waals surface area contributed by atoms with Crippen LogP contribution in [0.15, 0.2) is 0 Å². The Morgan fingerprint density at radius 3 is 2.35 bits per heavy atom. The first-order valence-corrected chi connectivity index (χ1v) is 7.13. The topological polar surface area (TPSA) is 32.3 Å². The zero-order valence-electron chi connectivity index (χ0n) is 10.0. The molecule has 0 spiro atoms. The summed E-state index contributed by atoms with van der Waals surface area (Å²) >= 11 is 1.73. The van der Waals surface area contributed by atoms with E-state index in [1.165, 1.54) is 6.42 Å². The Bertz CT molecular complexity index is 229. The molecule has 1 saturated carbocycles. The molecule has 1 unspecified atom stereocenters. The molecule has 0 aromatic heterocycles. The second-order valence-corrected chi connectivity index (χ2v) is 5.91. The van der Waals surface area contributed by atoms with E-state index in [1.807, 2.05) is 6.26 Å². The molecule has 0 aliphatic heterocycles. The lowest BCUT2D eigenvalue weighted by Gasteiger charge is -2.36. The zero-order valence-corrected chi connectivity index (χ0v) is 10.8. The van der Waals surface area contributed by atoms with Crippen LogP contribution < -0.4 is 5.32 Å². The molecule has 0 aromatic rings. The standard InChI is InChI=1S/C11H20F3NOS/c1-17-10(5-3-2-4-6-10)8-15-7-9(16)11(12,13)14/h9,15-16H,2-8H2,1H3. The summed E-state index contributed by atoms with van der Waals surface area (Å²) in [6.45, 7) is 0.132. The molecule has 0 heterocycles. The minimum atomic E-state index is -4.52. The van der Waals surface area contributed by atoms with Gasteiger partial charge in [0.25, 0.3) is 0 Å². The summed E-state index contributed by atoms with van der Waals surface area (Å²) in [5, 5.41) is 11.6. The molecule has 1 atom stereocenters. The van der Waals surface area contributed by atoms with E-state index in [4.69, 9.17) is 5.11 Å². The molecular formula is C11H20F3NOS. The molecule has 1 fully saturated rings. The van der Waals surface area contributed by atoms with Crippen molar-refractivity contribution in [2.24, 2.45) is 0 Å². The first kappa shape index (κ1) is 15.1. The van der Waals surface area contributed by atoms with Gasteiger partial charge in [-0.1, -0.05) is 19.3 Å². The molecule has 0 radical (unpaired) electrons. The van der Waals surface area contributed by atoms with Crippen molar-refractivity contribution >= 4 is 11.8 Å². The number of thioether (sulfide) groups is 1. The monoisotopic (exact) mass is 271 g/mol. The van der Waals surface area contributed by atoms with Crippen LogP contribution in [0.5, 0.6) is 0 Å². The summed E-state index contributed by atoms with van der Waals surface area (Å²) in [6, 6.07) is 0. The van der Waals surface area contributed by atoms with E-state index in [0.717, 1.165) is 25.7 Å². The maximum absolute atomic E-state index is 12.1. The maximum Gasteiger partial charge on any atom is 0.415 e. The number of rotatable bonds is 5. The predicted molar refractivity (Wildman–Crippen MR) is 64.3 cm³/mol. The van der Waals surface area contributed by atoms with Gasteiger partial charge in [0.15, 0.2) is 6.10 Å². The number of aliphatic hydroxyl groups is 1. The van der Waals surface area contributed by atoms with Gasteiger partial charge in [-0.2, -0.15) is 24.9 Å². The van der Waals surface area contributed by atoms with Crippen molar-refractivity contribution in [2.45, 2.75) is 49.1 Å². The van der Waals surface area contributed by atoms with Gasteiger partial charge in [0.2, 0.25) is 0 Å². The number of alkyl halides is 3. The van der Waals surface area contributed by atoms with E-state index in [1.54, 1.807) is 11.8 Å². The normalized spacial score (nSPS) is 22.4. The van der Waals surface area contributed by atoms with E-state index < -0.39 is 18.8 Å². The molecule has 6 heteroatoms. The number of hydrogen-bond acceptors (Lipinski definition) is 3. The fourth-order valence-corrected chi connectivity index (χ4v) is 3.14. The van der Waals surface area contributed by atoms with Crippen LogP contribution in [0.1, 0.15) is 32.1 Å². The summed E-state index contributed by atoms with van der Waals surface area (Å²) in [6.07, 6.45) is 0.818. The van der Waals surface area contributed by atoms with Gasteiger partial charge >= 0.3 is 6.18 Å². The molecule has 1 aliphatic rings. The van der Waals surface area contributed by atoms with Gasteiger partial charge in [-0.3, -0.25) is 0 Å². The fraction of sp³-hybridized carbons (Fsp3) is 1.00. The van der Waals surface area contributed by atoms with Crippen LogP contribution in [0.3, 0.4) is 0 Å². The SMILES string of the molecule is CSC1(CNCC(O)C(F)(F)F)CCCCC1. The number of hydrogen-bond donors (Lipinski definition) is 2. The lowest BCUT2D eigenvalue weighted by atomic mass is 9.88. The number of nitrogens with one attached hydrogen (secondary N) is 1. The minimum absolute atomic E-state index is 0.0591. The molecule has 0 amide bonds. The van der Waals surface area contributed by atoms with E-state index >= 15 is 0 Å². The first-order chi connectivity index (χ1) is 7.90. The highest BCUT2D eigenvalue weighted by Crippen LogP contribution is 2.37. The second-order valence-electron chi connectivity index (χ2n) is 4.64. The van der Waals surface area contributed by atoms with Gasteiger partial charge in [0.1, 0.15) is 0 Å². The van der Waals surface area contributed by atoms with E-state index in [-0.39, 0.29) is 4.75 Å². The molecule has 0 bridgehead atoms. The Morgan fingerprint density at radius 1 is 1.29 bits per heavy atom. The molecule has 1 aliphatic carbocycles. The smallest absolute Gasteiger partial charge is 0.382 e.